The fourth-order valence-electron chi connectivity index (χ4n) is 0.113. The maximum absolute atomic E-state index is 9.84. The summed E-state index contributed by atoms with van der Waals surface area (Å²) in [5, 5.41) is 0. The van der Waals surface area contributed by atoms with Crippen molar-refractivity contribution in [3.8, 4) is 0 Å². The molecule has 0 aliphatic heterocycles. The molecule has 0 heterocycles. The van der Waals surface area contributed by atoms with Crippen LogP contribution in [0.3, 0.4) is 0 Å². The Morgan fingerprint density at radius 2 is 1.88 bits per heavy atom. The average Bonchev–Trinajstić information content (AvgIpc) is 1.21. The van der Waals surface area contributed by atoms with Crippen molar-refractivity contribution in [2.24, 2.45) is 0 Å². The summed E-state index contributed by atoms with van der Waals surface area (Å²) in [6.45, 7) is 0. The van der Waals surface area contributed by atoms with Crippen LogP contribution in [0.1, 0.15) is 0 Å². The molecule has 0 saturated heterocycles. The van der Waals surface area contributed by atoms with Crippen molar-refractivity contribution < 1.29 is 13.0 Å². The molecule has 1 N–H and O–H groups in total. The zero-order valence-electron chi connectivity index (χ0n) is 3.51. The molecule has 7 heteroatoms. The Balaban J connectivity index is 3.75. The quantitative estimate of drug-likeness (QED) is 0.411. The topological polar surface area (TPSA) is 54.4 Å². The third-order valence-electron chi connectivity index (χ3n) is 0.238. The Hall–Kier alpha value is 0.920. The molecule has 0 amide bonds. The van der Waals surface area contributed by atoms with Crippen molar-refractivity contribution in [2.45, 2.75) is 4.58 Å². The van der Waals surface area contributed by atoms with Crippen LogP contribution in [0.4, 0.5) is 0 Å². The molecule has 8 heavy (non-hydrogen) atoms. The lowest BCUT2D eigenvalue weighted by atomic mass is 11.9. The molecule has 50 valence electrons. The van der Waals surface area contributed by atoms with Crippen LogP contribution < -0.4 is 0 Å². The van der Waals surface area contributed by atoms with Gasteiger partial charge in [-0.05, 0) is 0 Å². The largest absolute Gasteiger partial charge is 0.283 e. The highest BCUT2D eigenvalue weighted by molar-refractivity contribution is 8.41. The molecule has 0 radical (unpaired) electrons. The molecule has 0 fully saturated rings. The molecule has 0 aromatic rings. The van der Waals surface area contributed by atoms with Gasteiger partial charge in [0.1, 0.15) is 4.58 Å². The first-order valence-corrected chi connectivity index (χ1v) is 5.56. The Kier molecular flexibility index (Phi) is 3.55. The van der Waals surface area contributed by atoms with Gasteiger partial charge in [0.15, 0.2) is 0 Å². The number of rotatable bonds is 2. The van der Waals surface area contributed by atoms with Crippen molar-refractivity contribution in [3.05, 3.63) is 0 Å². The molecule has 0 aliphatic rings. The van der Waals surface area contributed by atoms with E-state index in [0.717, 1.165) is 0 Å². The summed E-state index contributed by atoms with van der Waals surface area (Å²) in [5.41, 5.74) is 0. The van der Waals surface area contributed by atoms with E-state index in [1.54, 1.807) is 0 Å². The molecular weight excluding hydrogens is 194 g/mol. The first-order valence-electron chi connectivity index (χ1n) is 1.45. The summed E-state index contributed by atoms with van der Waals surface area (Å²) in [7, 11) is -4.80. The lowest BCUT2D eigenvalue weighted by Crippen LogP contribution is -1.88. The first-order chi connectivity index (χ1) is 3.42. The van der Waals surface area contributed by atoms with Crippen molar-refractivity contribution in [1.82, 2.24) is 0 Å². The van der Waals surface area contributed by atoms with Crippen LogP contribution in [-0.2, 0) is 9.74 Å². The molecule has 0 aromatic heterocycles. The second-order valence-corrected chi connectivity index (χ2v) is 6.74. The van der Waals surface area contributed by atoms with Crippen LogP contribution in [0.2, 0.25) is 0 Å². The van der Waals surface area contributed by atoms with Crippen LogP contribution in [-0.4, -0.2) is 17.5 Å². The van der Waals surface area contributed by atoms with Gasteiger partial charge in [0.2, 0.25) is 0 Å². The summed E-state index contributed by atoms with van der Waals surface area (Å²) in [6.07, 6.45) is 0. The molecule has 3 nitrogen and oxygen atoms in total. The van der Waals surface area contributed by atoms with Crippen LogP contribution in [0, 0.1) is 0 Å². The van der Waals surface area contributed by atoms with Gasteiger partial charge < -0.3 is 0 Å². The minimum atomic E-state index is -3.96. The normalized spacial score (nSPS) is 14.0. The zero-order chi connectivity index (χ0) is 6.78. The van der Waals surface area contributed by atoms with Gasteiger partial charge in [0, 0.05) is 0 Å². The van der Waals surface area contributed by atoms with Gasteiger partial charge in [0.05, 0.1) is 7.78 Å². The zero-order valence-corrected chi connectivity index (χ0v) is 6.83. The van der Waals surface area contributed by atoms with Gasteiger partial charge in [0.25, 0.3) is 9.74 Å². The minimum Gasteiger partial charge on any atom is -0.283 e. The predicted molar refractivity (Wildman–Crippen MR) is 35.4 cm³/mol. The molecule has 0 rings (SSSR count). The van der Waals surface area contributed by atoms with Gasteiger partial charge in [-0.3, -0.25) is 4.55 Å². The van der Waals surface area contributed by atoms with E-state index in [1.165, 1.54) is 0 Å². The monoisotopic (exact) mass is 196 g/mol. The van der Waals surface area contributed by atoms with Crippen LogP contribution in [0.5, 0.6) is 0 Å². The molecule has 0 aromatic carbocycles. The van der Waals surface area contributed by atoms with Crippen LogP contribution >= 0.6 is 31.0 Å². The summed E-state index contributed by atoms with van der Waals surface area (Å²) in [6, 6.07) is 0. The first kappa shape index (κ1) is 8.92. The van der Waals surface area contributed by atoms with Crippen molar-refractivity contribution in [1.29, 1.82) is 0 Å². The van der Waals surface area contributed by atoms with Crippen LogP contribution in [0.25, 0.3) is 0 Å². The highest BCUT2D eigenvalue weighted by atomic mass is 35.5. The fourth-order valence-corrected chi connectivity index (χ4v) is 3.04. The van der Waals surface area contributed by atoms with Crippen LogP contribution in [0.15, 0.2) is 0 Å². The third kappa shape index (κ3) is 6.92. The molecule has 1 atom stereocenters. The lowest BCUT2D eigenvalue weighted by molar-refractivity contribution is 0.502. The standard InChI is InChI=1S/CH3Cl2O3PS/c2-1(3)7-8(4,5)6/h1,7H,(H,4,5,6). The SMILES string of the molecule is O=S(=O)(O)PC(Cl)Cl. The molecule has 0 bridgehead atoms. The Morgan fingerprint density at radius 1 is 1.50 bits per heavy atom. The number of hydrogen-bond donors (Lipinski definition) is 1. The maximum Gasteiger partial charge on any atom is 0.280 e. The molecule has 0 aliphatic carbocycles. The van der Waals surface area contributed by atoms with Gasteiger partial charge in [-0.25, -0.2) is 0 Å². The summed E-state index contributed by atoms with van der Waals surface area (Å²) in [5.74, 6) is 0. The lowest BCUT2D eigenvalue weighted by Gasteiger charge is -1.93. The van der Waals surface area contributed by atoms with E-state index in [0.29, 0.717) is 0 Å². The number of alkyl halides is 2. The second-order valence-electron chi connectivity index (χ2n) is 0.894. The highest BCUT2D eigenvalue weighted by Gasteiger charge is 2.09. The number of hydrogen-bond acceptors (Lipinski definition) is 2. The van der Waals surface area contributed by atoms with E-state index in [1.807, 2.05) is 0 Å². The Morgan fingerprint density at radius 3 is 1.88 bits per heavy atom. The van der Waals surface area contributed by atoms with Gasteiger partial charge in [-0.2, -0.15) is 8.42 Å². The van der Waals surface area contributed by atoms with E-state index in [-0.39, 0.29) is 0 Å². The highest BCUT2D eigenvalue weighted by Crippen LogP contribution is 2.30. The molecule has 0 spiro atoms. The summed E-state index contributed by atoms with van der Waals surface area (Å²) >= 11 is 10.0. The van der Waals surface area contributed by atoms with Crippen molar-refractivity contribution in [2.75, 3.05) is 0 Å². The van der Waals surface area contributed by atoms with Crippen molar-refractivity contribution >= 4 is 40.7 Å². The Labute approximate surface area is 58.6 Å². The summed E-state index contributed by atoms with van der Waals surface area (Å²) in [4.78, 5) is 0. The average molecular weight is 197 g/mol. The van der Waals surface area contributed by atoms with E-state index in [4.69, 9.17) is 27.8 Å². The van der Waals surface area contributed by atoms with E-state index >= 15 is 0 Å². The van der Waals surface area contributed by atoms with Gasteiger partial charge in [-0.15, -0.1) is 0 Å². The number of halogens is 2. The Bertz CT molecular complexity index is 151. The molecule has 0 saturated carbocycles. The molecular formula is CH3Cl2O3PS. The third-order valence-corrected chi connectivity index (χ3v) is 3.75. The summed E-state index contributed by atoms with van der Waals surface area (Å²) < 4.78 is 26.7. The van der Waals surface area contributed by atoms with Gasteiger partial charge >= 0.3 is 0 Å². The van der Waals surface area contributed by atoms with Crippen molar-refractivity contribution in [3.63, 3.8) is 0 Å². The second kappa shape index (κ2) is 3.18. The predicted octanol–water partition coefficient (Wildman–Crippen LogP) is 1.23. The van der Waals surface area contributed by atoms with E-state index in [2.05, 4.69) is 0 Å². The minimum absolute atomic E-state index is 0.843. The maximum atomic E-state index is 9.84. The molecule has 1 unspecified atom stereocenters. The van der Waals surface area contributed by atoms with E-state index in [9.17, 15) is 8.42 Å². The van der Waals surface area contributed by atoms with E-state index < -0.39 is 22.1 Å². The fraction of sp³-hybridized carbons (Fsp3) is 1.00. The van der Waals surface area contributed by atoms with Gasteiger partial charge in [-0.1, -0.05) is 23.2 Å². The smallest absolute Gasteiger partial charge is 0.280 e.